The van der Waals surface area contributed by atoms with E-state index in [0.29, 0.717) is 53.8 Å². The average Bonchev–Trinajstić information content (AvgIpc) is 2.98. The third-order valence-corrected chi connectivity index (χ3v) is 5.02. The SMILES string of the molecule is CN1CC(Oc2ccccc2)=NC(SCC(=O)Nc2ccc3c(c2)OCCCO3)=N1. The number of hydrogen-bond donors (Lipinski definition) is 1. The number of rotatable bonds is 4. The summed E-state index contributed by atoms with van der Waals surface area (Å²) in [4.78, 5) is 16.8. The van der Waals surface area contributed by atoms with Gasteiger partial charge in [-0.15, -0.1) is 5.10 Å². The molecule has 0 atom stereocenters. The van der Waals surface area contributed by atoms with Crippen LogP contribution in [-0.4, -0.2) is 54.5 Å². The first-order valence-corrected chi connectivity index (χ1v) is 10.6. The number of hydrogen-bond acceptors (Lipinski definition) is 8. The number of amidine groups is 1. The molecule has 2 heterocycles. The van der Waals surface area contributed by atoms with Crippen molar-refractivity contribution in [2.75, 3.05) is 37.9 Å². The van der Waals surface area contributed by atoms with Crippen LogP contribution in [0.3, 0.4) is 0 Å². The maximum Gasteiger partial charge on any atom is 0.234 e. The van der Waals surface area contributed by atoms with Gasteiger partial charge >= 0.3 is 0 Å². The van der Waals surface area contributed by atoms with E-state index in [2.05, 4.69) is 15.4 Å². The lowest BCUT2D eigenvalue weighted by Crippen LogP contribution is -2.31. The Morgan fingerprint density at radius 3 is 2.80 bits per heavy atom. The highest BCUT2D eigenvalue weighted by molar-refractivity contribution is 8.14. The summed E-state index contributed by atoms with van der Waals surface area (Å²) in [6.07, 6.45) is 0.833. The zero-order valence-electron chi connectivity index (χ0n) is 16.5. The number of likely N-dealkylation sites (N-methyl/N-ethyl adjacent to an activating group) is 1. The summed E-state index contributed by atoms with van der Waals surface area (Å²) in [5.41, 5.74) is 0.657. The predicted molar refractivity (Wildman–Crippen MR) is 118 cm³/mol. The van der Waals surface area contributed by atoms with Gasteiger partial charge in [0.15, 0.2) is 11.5 Å². The van der Waals surface area contributed by atoms with E-state index in [9.17, 15) is 4.79 Å². The zero-order chi connectivity index (χ0) is 20.8. The van der Waals surface area contributed by atoms with Gasteiger partial charge < -0.3 is 19.5 Å². The van der Waals surface area contributed by atoms with Gasteiger partial charge in [0.2, 0.25) is 17.0 Å². The van der Waals surface area contributed by atoms with E-state index in [0.717, 1.165) is 6.42 Å². The number of ether oxygens (including phenoxy) is 3. The molecular formula is C21H22N4O4S. The molecule has 0 saturated carbocycles. The Morgan fingerprint density at radius 1 is 1.17 bits per heavy atom. The van der Waals surface area contributed by atoms with Gasteiger partial charge in [-0.3, -0.25) is 9.80 Å². The molecule has 4 rings (SSSR count). The highest BCUT2D eigenvalue weighted by Crippen LogP contribution is 2.32. The van der Waals surface area contributed by atoms with E-state index in [1.54, 1.807) is 23.2 Å². The van der Waals surface area contributed by atoms with E-state index in [1.165, 1.54) is 11.8 Å². The molecular weight excluding hydrogens is 404 g/mol. The largest absolute Gasteiger partial charge is 0.490 e. The molecule has 30 heavy (non-hydrogen) atoms. The van der Waals surface area contributed by atoms with E-state index < -0.39 is 0 Å². The van der Waals surface area contributed by atoms with Gasteiger partial charge in [-0.2, -0.15) is 4.99 Å². The van der Waals surface area contributed by atoms with Gasteiger partial charge in [-0.25, -0.2) is 0 Å². The average molecular weight is 426 g/mol. The molecule has 0 aliphatic carbocycles. The van der Waals surface area contributed by atoms with Crippen molar-refractivity contribution in [1.29, 1.82) is 0 Å². The lowest BCUT2D eigenvalue weighted by molar-refractivity contribution is -0.113. The highest BCUT2D eigenvalue weighted by atomic mass is 32.2. The van der Waals surface area contributed by atoms with Crippen LogP contribution in [0.5, 0.6) is 17.2 Å². The maximum atomic E-state index is 12.4. The zero-order valence-corrected chi connectivity index (χ0v) is 17.4. The van der Waals surface area contributed by atoms with Crippen LogP contribution in [0.25, 0.3) is 0 Å². The van der Waals surface area contributed by atoms with E-state index in [4.69, 9.17) is 14.2 Å². The normalized spacial score (nSPS) is 15.6. The minimum absolute atomic E-state index is 0.161. The summed E-state index contributed by atoms with van der Waals surface area (Å²) < 4.78 is 17.1. The molecule has 2 aromatic rings. The molecule has 2 aromatic carbocycles. The summed E-state index contributed by atoms with van der Waals surface area (Å²) in [7, 11) is 1.83. The van der Waals surface area contributed by atoms with Crippen molar-refractivity contribution >= 4 is 34.4 Å². The molecule has 9 heteroatoms. The quantitative estimate of drug-likeness (QED) is 0.808. The van der Waals surface area contributed by atoms with Crippen LogP contribution in [0, 0.1) is 0 Å². The highest BCUT2D eigenvalue weighted by Gasteiger charge is 2.17. The van der Waals surface area contributed by atoms with Crippen molar-refractivity contribution in [1.82, 2.24) is 5.01 Å². The van der Waals surface area contributed by atoms with Gasteiger partial charge in [0.1, 0.15) is 12.3 Å². The molecule has 0 bridgehead atoms. The van der Waals surface area contributed by atoms with Crippen LogP contribution in [0.2, 0.25) is 0 Å². The van der Waals surface area contributed by atoms with Gasteiger partial charge in [-0.05, 0) is 24.3 Å². The fourth-order valence-corrected chi connectivity index (χ4v) is 3.55. The molecule has 0 unspecified atom stereocenters. The van der Waals surface area contributed by atoms with Gasteiger partial charge in [0, 0.05) is 25.2 Å². The molecule has 0 aromatic heterocycles. The maximum absolute atomic E-state index is 12.4. The first-order valence-electron chi connectivity index (χ1n) is 9.58. The van der Waals surface area contributed by atoms with E-state index >= 15 is 0 Å². The number of fused-ring (bicyclic) bond motifs is 1. The van der Waals surface area contributed by atoms with Crippen LogP contribution in [0.15, 0.2) is 58.6 Å². The fourth-order valence-electron chi connectivity index (χ4n) is 2.85. The van der Waals surface area contributed by atoms with Crippen molar-refractivity contribution in [3.63, 3.8) is 0 Å². The molecule has 8 nitrogen and oxygen atoms in total. The second-order valence-electron chi connectivity index (χ2n) is 6.67. The van der Waals surface area contributed by atoms with Crippen molar-refractivity contribution in [2.24, 2.45) is 10.1 Å². The number of aliphatic imine (C=N–C) groups is 1. The van der Waals surface area contributed by atoms with Crippen LogP contribution in [0.4, 0.5) is 5.69 Å². The lowest BCUT2D eigenvalue weighted by atomic mass is 10.2. The van der Waals surface area contributed by atoms with Crippen LogP contribution < -0.4 is 19.5 Å². The molecule has 156 valence electrons. The summed E-state index contributed by atoms with van der Waals surface area (Å²) >= 11 is 1.25. The van der Waals surface area contributed by atoms with Crippen molar-refractivity contribution in [3.05, 3.63) is 48.5 Å². The number of thioether (sulfide) groups is 1. The first-order chi connectivity index (χ1) is 14.7. The van der Waals surface area contributed by atoms with Crippen LogP contribution >= 0.6 is 11.8 Å². The molecule has 1 amide bonds. The summed E-state index contributed by atoms with van der Waals surface area (Å²) in [6.45, 7) is 1.68. The molecule has 2 aliphatic heterocycles. The Morgan fingerprint density at radius 2 is 1.97 bits per heavy atom. The monoisotopic (exact) mass is 426 g/mol. The lowest BCUT2D eigenvalue weighted by Gasteiger charge is -2.20. The number of carbonyl (C=O) groups is 1. The number of para-hydroxylation sites is 1. The first kappa shape index (κ1) is 20.1. The Kier molecular flexibility index (Phi) is 6.38. The number of hydrazone groups is 1. The number of benzene rings is 2. The standard InChI is InChI=1S/C21H22N4O4S/c1-25-13-20(29-16-6-3-2-4-7-16)23-21(24-25)30-14-19(26)22-15-8-9-17-18(12-15)28-11-5-10-27-17/h2-4,6-9,12H,5,10-11,13-14H2,1H3,(H,22,26). The van der Waals surface area contributed by atoms with E-state index in [-0.39, 0.29) is 11.7 Å². The molecule has 2 aliphatic rings. The third-order valence-electron chi connectivity index (χ3n) is 4.18. The molecule has 0 saturated heterocycles. The second kappa shape index (κ2) is 9.53. The minimum atomic E-state index is -0.161. The van der Waals surface area contributed by atoms with E-state index in [1.807, 2.05) is 37.4 Å². The Balaban J connectivity index is 1.33. The number of nitrogens with zero attached hydrogens (tertiary/aromatic N) is 3. The Labute approximate surface area is 178 Å². The second-order valence-corrected chi connectivity index (χ2v) is 7.61. The van der Waals surface area contributed by atoms with Crippen molar-refractivity contribution in [3.8, 4) is 17.2 Å². The van der Waals surface area contributed by atoms with Crippen molar-refractivity contribution in [2.45, 2.75) is 6.42 Å². The van der Waals surface area contributed by atoms with Gasteiger partial charge in [0.25, 0.3) is 0 Å². The molecule has 0 radical (unpaired) electrons. The Bertz CT molecular complexity index is 965. The predicted octanol–water partition coefficient (Wildman–Crippen LogP) is 3.21. The minimum Gasteiger partial charge on any atom is -0.490 e. The number of nitrogens with one attached hydrogen (secondary N) is 1. The van der Waals surface area contributed by atoms with Gasteiger partial charge in [0.05, 0.1) is 19.0 Å². The Hall–Kier alpha value is -3.20. The summed E-state index contributed by atoms with van der Waals surface area (Å²) in [5, 5.41) is 9.43. The topological polar surface area (TPSA) is 84.8 Å². The molecule has 0 fully saturated rings. The summed E-state index contributed by atoms with van der Waals surface area (Å²) in [6, 6.07) is 14.8. The van der Waals surface area contributed by atoms with Crippen LogP contribution in [-0.2, 0) is 4.79 Å². The number of amides is 1. The fraction of sp³-hybridized carbons (Fsp3) is 0.286. The number of anilines is 1. The van der Waals surface area contributed by atoms with Crippen LogP contribution in [0.1, 0.15) is 6.42 Å². The smallest absolute Gasteiger partial charge is 0.234 e. The summed E-state index contributed by atoms with van der Waals surface area (Å²) in [5.74, 6) is 2.59. The van der Waals surface area contributed by atoms with Gasteiger partial charge in [-0.1, -0.05) is 30.0 Å². The van der Waals surface area contributed by atoms with Crippen molar-refractivity contribution < 1.29 is 19.0 Å². The number of carbonyl (C=O) groups excluding carboxylic acids is 1. The molecule has 1 N–H and O–H groups in total. The third kappa shape index (κ3) is 5.44. The molecule has 0 spiro atoms.